The Morgan fingerprint density at radius 3 is 2.38 bits per heavy atom. The van der Waals surface area contributed by atoms with E-state index in [4.69, 9.17) is 0 Å². The maximum atomic E-state index is 12.0. The third-order valence-corrected chi connectivity index (χ3v) is 3.62. The van der Waals surface area contributed by atoms with Crippen molar-refractivity contribution in [2.75, 3.05) is 17.2 Å². The molecule has 24 heavy (non-hydrogen) atoms. The van der Waals surface area contributed by atoms with E-state index >= 15 is 0 Å². The molecule has 0 unspecified atom stereocenters. The average molecular weight is 390 g/mol. The second-order valence-corrected chi connectivity index (χ2v) is 6.53. The van der Waals surface area contributed by atoms with E-state index in [0.29, 0.717) is 11.3 Å². The molecule has 5 nitrogen and oxygen atoms in total. The number of carbonyl (C=O) groups excluding carboxylic acids is 2. The fraction of sp³-hybridized carbons (Fsp3) is 0.222. The third kappa shape index (κ3) is 5.70. The molecule has 0 saturated carbocycles. The Bertz CT molecular complexity index is 714. The van der Waals surface area contributed by atoms with Crippen LogP contribution in [0.25, 0.3) is 0 Å². The number of rotatable bonds is 6. The summed E-state index contributed by atoms with van der Waals surface area (Å²) in [6.07, 6.45) is 0. The van der Waals surface area contributed by atoms with E-state index < -0.39 is 0 Å². The lowest BCUT2D eigenvalue weighted by atomic mass is 10.2. The molecular weight excluding hydrogens is 370 g/mol. The minimum absolute atomic E-state index is 0.0842. The fourth-order valence-corrected chi connectivity index (χ4v) is 2.44. The zero-order chi connectivity index (χ0) is 17.5. The number of carbonyl (C=O) groups is 2. The minimum atomic E-state index is -0.158. The van der Waals surface area contributed by atoms with Crippen LogP contribution in [0.4, 0.5) is 11.4 Å². The predicted octanol–water partition coefficient (Wildman–Crippen LogP) is 3.64. The van der Waals surface area contributed by atoms with E-state index in [1.54, 1.807) is 24.3 Å². The lowest BCUT2D eigenvalue weighted by Crippen LogP contribution is -2.30. The predicted molar refractivity (Wildman–Crippen MR) is 100 cm³/mol. The van der Waals surface area contributed by atoms with Crippen LogP contribution >= 0.6 is 15.9 Å². The van der Waals surface area contributed by atoms with Gasteiger partial charge in [0.05, 0.1) is 6.54 Å². The van der Waals surface area contributed by atoms with Crippen LogP contribution in [0.2, 0.25) is 0 Å². The second kappa shape index (κ2) is 8.49. The van der Waals surface area contributed by atoms with Gasteiger partial charge in [0.2, 0.25) is 5.91 Å². The summed E-state index contributed by atoms with van der Waals surface area (Å²) in [5.41, 5.74) is 2.08. The van der Waals surface area contributed by atoms with Gasteiger partial charge in [-0.3, -0.25) is 9.59 Å². The van der Waals surface area contributed by atoms with Crippen molar-refractivity contribution >= 4 is 39.1 Å². The summed E-state index contributed by atoms with van der Waals surface area (Å²) in [4.78, 5) is 23.8. The molecule has 126 valence electrons. The summed E-state index contributed by atoms with van der Waals surface area (Å²) in [5, 5.41) is 8.66. The first-order chi connectivity index (χ1) is 11.4. The smallest absolute Gasteiger partial charge is 0.251 e. The molecule has 0 aliphatic heterocycles. The van der Waals surface area contributed by atoms with Gasteiger partial charge in [0.25, 0.3) is 5.91 Å². The number of amides is 2. The van der Waals surface area contributed by atoms with Gasteiger partial charge in [0.15, 0.2) is 0 Å². The maximum absolute atomic E-state index is 12.0. The quantitative estimate of drug-likeness (QED) is 0.706. The number of nitrogens with one attached hydrogen (secondary N) is 3. The molecule has 2 rings (SSSR count). The molecule has 0 spiro atoms. The summed E-state index contributed by atoms with van der Waals surface area (Å²) < 4.78 is 0.947. The van der Waals surface area contributed by atoms with Crippen molar-refractivity contribution in [2.24, 2.45) is 0 Å². The minimum Gasteiger partial charge on any atom is -0.376 e. The monoisotopic (exact) mass is 389 g/mol. The normalized spacial score (nSPS) is 10.3. The highest BCUT2D eigenvalue weighted by molar-refractivity contribution is 9.10. The number of hydrogen-bond acceptors (Lipinski definition) is 3. The summed E-state index contributed by atoms with van der Waals surface area (Å²) in [6.45, 7) is 3.97. The van der Waals surface area contributed by atoms with E-state index in [0.717, 1.165) is 10.2 Å². The van der Waals surface area contributed by atoms with Crippen molar-refractivity contribution in [3.63, 3.8) is 0 Å². The highest BCUT2D eigenvalue weighted by Gasteiger charge is 2.07. The van der Waals surface area contributed by atoms with Crippen LogP contribution in [0, 0.1) is 0 Å². The molecule has 0 atom stereocenters. The Morgan fingerprint density at radius 1 is 1.04 bits per heavy atom. The molecular formula is C18H20BrN3O2. The van der Waals surface area contributed by atoms with Crippen LogP contribution < -0.4 is 16.0 Å². The Hall–Kier alpha value is -2.34. The Morgan fingerprint density at radius 2 is 1.75 bits per heavy atom. The van der Waals surface area contributed by atoms with Crippen molar-refractivity contribution in [1.82, 2.24) is 5.32 Å². The van der Waals surface area contributed by atoms with Gasteiger partial charge >= 0.3 is 0 Å². The highest BCUT2D eigenvalue weighted by atomic mass is 79.9. The van der Waals surface area contributed by atoms with E-state index in [2.05, 4.69) is 31.9 Å². The van der Waals surface area contributed by atoms with Crippen molar-refractivity contribution in [3.8, 4) is 0 Å². The summed E-state index contributed by atoms with van der Waals surface area (Å²) >= 11 is 3.38. The first-order valence-electron chi connectivity index (χ1n) is 7.64. The summed E-state index contributed by atoms with van der Waals surface area (Å²) in [7, 11) is 0. The van der Waals surface area contributed by atoms with Gasteiger partial charge in [-0.15, -0.1) is 0 Å². The summed E-state index contributed by atoms with van der Waals surface area (Å²) in [6, 6.07) is 14.5. The van der Waals surface area contributed by atoms with Gasteiger partial charge in [-0.1, -0.05) is 22.0 Å². The van der Waals surface area contributed by atoms with E-state index in [-0.39, 0.29) is 24.4 Å². The molecule has 2 aromatic rings. The van der Waals surface area contributed by atoms with Gasteiger partial charge in [-0.25, -0.2) is 0 Å². The van der Waals surface area contributed by atoms with Crippen LogP contribution in [-0.4, -0.2) is 24.4 Å². The third-order valence-electron chi connectivity index (χ3n) is 3.13. The molecule has 0 aromatic heterocycles. The topological polar surface area (TPSA) is 70.2 Å². The zero-order valence-corrected chi connectivity index (χ0v) is 15.2. The van der Waals surface area contributed by atoms with Crippen LogP contribution in [0.5, 0.6) is 0 Å². The molecule has 6 heteroatoms. The van der Waals surface area contributed by atoms with Crippen molar-refractivity contribution < 1.29 is 9.59 Å². The largest absolute Gasteiger partial charge is 0.376 e. The lowest BCUT2D eigenvalue weighted by molar-refractivity contribution is -0.114. The zero-order valence-electron chi connectivity index (χ0n) is 13.6. The number of halogens is 1. The van der Waals surface area contributed by atoms with Crippen LogP contribution in [0.1, 0.15) is 24.2 Å². The van der Waals surface area contributed by atoms with Crippen molar-refractivity contribution in [3.05, 3.63) is 58.6 Å². The lowest BCUT2D eigenvalue weighted by Gasteiger charge is -2.10. The first kappa shape index (κ1) is 18.0. The molecule has 2 amide bonds. The molecule has 3 N–H and O–H groups in total. The molecule has 0 saturated heterocycles. The molecule has 0 fully saturated rings. The van der Waals surface area contributed by atoms with Crippen molar-refractivity contribution in [2.45, 2.75) is 19.9 Å². The standard InChI is InChI=1S/C18H20BrN3O2/c1-12(2)21-18(24)13-6-8-15(9-7-13)22-17(23)11-20-16-5-3-4-14(19)10-16/h3-10,12,20H,11H2,1-2H3,(H,21,24)(H,22,23). The van der Waals surface area contributed by atoms with E-state index in [1.807, 2.05) is 38.1 Å². The Balaban J connectivity index is 1.86. The fourth-order valence-electron chi connectivity index (χ4n) is 2.04. The Labute approximate surface area is 150 Å². The first-order valence-corrected chi connectivity index (χ1v) is 8.43. The van der Waals surface area contributed by atoms with Crippen LogP contribution in [0.15, 0.2) is 53.0 Å². The average Bonchev–Trinajstić information content (AvgIpc) is 2.53. The van der Waals surface area contributed by atoms with Gasteiger partial charge in [0, 0.05) is 27.5 Å². The second-order valence-electron chi connectivity index (χ2n) is 5.62. The number of anilines is 2. The van der Waals surface area contributed by atoms with Gasteiger partial charge in [-0.2, -0.15) is 0 Å². The molecule has 0 bridgehead atoms. The molecule has 0 aliphatic carbocycles. The van der Waals surface area contributed by atoms with E-state index in [1.165, 1.54) is 0 Å². The molecule has 0 heterocycles. The van der Waals surface area contributed by atoms with Gasteiger partial charge in [0.1, 0.15) is 0 Å². The molecule has 0 radical (unpaired) electrons. The van der Waals surface area contributed by atoms with E-state index in [9.17, 15) is 9.59 Å². The van der Waals surface area contributed by atoms with Crippen molar-refractivity contribution in [1.29, 1.82) is 0 Å². The van der Waals surface area contributed by atoms with Crippen LogP contribution in [0.3, 0.4) is 0 Å². The molecule has 0 aliphatic rings. The van der Waals surface area contributed by atoms with Gasteiger partial charge in [-0.05, 0) is 56.3 Å². The number of benzene rings is 2. The Kier molecular flexibility index (Phi) is 6.37. The van der Waals surface area contributed by atoms with Gasteiger partial charge < -0.3 is 16.0 Å². The maximum Gasteiger partial charge on any atom is 0.251 e. The molecule has 2 aromatic carbocycles. The highest BCUT2D eigenvalue weighted by Crippen LogP contribution is 2.15. The SMILES string of the molecule is CC(C)NC(=O)c1ccc(NC(=O)CNc2cccc(Br)c2)cc1. The summed E-state index contributed by atoms with van der Waals surface area (Å²) in [5.74, 6) is -0.284. The number of hydrogen-bond donors (Lipinski definition) is 3. The van der Waals surface area contributed by atoms with Crippen LogP contribution in [-0.2, 0) is 4.79 Å².